The number of benzene rings is 1. The van der Waals surface area contributed by atoms with Crippen molar-refractivity contribution >= 4 is 11.5 Å². The molecule has 1 saturated carbocycles. The molecule has 1 N–H and O–H groups in total. The van der Waals surface area contributed by atoms with Gasteiger partial charge in [-0.05, 0) is 66.7 Å². The molecule has 0 atom stereocenters. The van der Waals surface area contributed by atoms with Crippen LogP contribution in [0.25, 0.3) is 5.57 Å². The summed E-state index contributed by atoms with van der Waals surface area (Å²) in [6.07, 6.45) is 8.59. The Bertz CT molecular complexity index is 679. The van der Waals surface area contributed by atoms with Gasteiger partial charge in [0.05, 0.1) is 12.5 Å². The standard InChI is InChI=1S/C24H35NO3/c1-24(2,3)20-6-10-22(11-7-20)28-21-8-4-18(5-9-21)19-12-15-25(16-13-19)17-14-23(26)27/h4-5,8-9,12,20,22H,6-7,10-11,13-17H2,1-3H3,(H,26,27)/t20-,22-. The molecule has 4 nitrogen and oxygen atoms in total. The van der Waals surface area contributed by atoms with Gasteiger partial charge in [0.15, 0.2) is 0 Å². The molecule has 3 rings (SSSR count). The summed E-state index contributed by atoms with van der Waals surface area (Å²) in [7, 11) is 0. The number of nitrogens with zero attached hydrogens (tertiary/aromatic N) is 1. The van der Waals surface area contributed by atoms with Crippen molar-refractivity contribution in [1.29, 1.82) is 0 Å². The molecule has 1 aliphatic carbocycles. The maximum Gasteiger partial charge on any atom is 0.304 e. The van der Waals surface area contributed by atoms with Gasteiger partial charge in [0, 0.05) is 19.6 Å². The summed E-state index contributed by atoms with van der Waals surface area (Å²) in [4.78, 5) is 12.9. The van der Waals surface area contributed by atoms with E-state index in [9.17, 15) is 4.79 Å². The molecule has 1 aliphatic heterocycles. The van der Waals surface area contributed by atoms with Gasteiger partial charge < -0.3 is 9.84 Å². The summed E-state index contributed by atoms with van der Waals surface area (Å²) in [6.45, 7) is 9.43. The second-order valence-corrected chi connectivity index (χ2v) is 9.41. The van der Waals surface area contributed by atoms with Crippen LogP contribution in [0.5, 0.6) is 5.75 Å². The maximum atomic E-state index is 10.7. The lowest BCUT2D eigenvalue weighted by atomic mass is 9.72. The number of ether oxygens (including phenoxy) is 1. The summed E-state index contributed by atoms with van der Waals surface area (Å²) >= 11 is 0. The third-order valence-electron chi connectivity index (χ3n) is 6.36. The quantitative estimate of drug-likeness (QED) is 0.728. The van der Waals surface area contributed by atoms with Gasteiger partial charge in [0.2, 0.25) is 0 Å². The first-order chi connectivity index (χ1) is 13.3. The van der Waals surface area contributed by atoms with Crippen molar-refractivity contribution in [2.75, 3.05) is 19.6 Å². The number of aliphatic carboxylic acids is 1. The number of carboxylic acids is 1. The lowest BCUT2D eigenvalue weighted by Crippen LogP contribution is -2.30. The largest absolute Gasteiger partial charge is 0.490 e. The molecule has 0 amide bonds. The summed E-state index contributed by atoms with van der Waals surface area (Å²) in [5.74, 6) is 1.06. The van der Waals surface area contributed by atoms with Gasteiger partial charge in [-0.15, -0.1) is 0 Å². The van der Waals surface area contributed by atoms with E-state index in [2.05, 4.69) is 56.0 Å². The van der Waals surface area contributed by atoms with Crippen molar-refractivity contribution in [2.24, 2.45) is 11.3 Å². The highest BCUT2D eigenvalue weighted by Gasteiger charge is 2.30. The molecule has 0 bridgehead atoms. The average Bonchev–Trinajstić information content (AvgIpc) is 2.67. The van der Waals surface area contributed by atoms with Crippen molar-refractivity contribution < 1.29 is 14.6 Å². The van der Waals surface area contributed by atoms with Crippen LogP contribution in [0.1, 0.15) is 64.9 Å². The zero-order valence-corrected chi connectivity index (χ0v) is 17.6. The fourth-order valence-electron chi connectivity index (χ4n) is 4.42. The third-order valence-corrected chi connectivity index (χ3v) is 6.36. The fourth-order valence-corrected chi connectivity index (χ4v) is 4.42. The summed E-state index contributed by atoms with van der Waals surface area (Å²) < 4.78 is 6.25. The van der Waals surface area contributed by atoms with Crippen LogP contribution in [0.4, 0.5) is 0 Å². The third kappa shape index (κ3) is 5.84. The molecule has 1 fully saturated rings. The van der Waals surface area contributed by atoms with Gasteiger partial charge in [-0.25, -0.2) is 0 Å². The molecular weight excluding hydrogens is 350 g/mol. The monoisotopic (exact) mass is 385 g/mol. The molecular formula is C24H35NO3. The van der Waals surface area contributed by atoms with Crippen molar-refractivity contribution in [1.82, 2.24) is 4.90 Å². The predicted octanol–water partition coefficient (Wildman–Crippen LogP) is 5.23. The number of carbonyl (C=O) groups is 1. The lowest BCUT2D eigenvalue weighted by molar-refractivity contribution is -0.137. The molecule has 0 saturated heterocycles. The van der Waals surface area contributed by atoms with Gasteiger partial charge in [-0.3, -0.25) is 9.69 Å². The summed E-state index contributed by atoms with van der Waals surface area (Å²) in [6, 6.07) is 8.52. The van der Waals surface area contributed by atoms with E-state index in [4.69, 9.17) is 9.84 Å². The maximum absolute atomic E-state index is 10.7. The van der Waals surface area contributed by atoms with E-state index < -0.39 is 5.97 Å². The van der Waals surface area contributed by atoms with Crippen LogP contribution >= 0.6 is 0 Å². The number of hydrogen-bond donors (Lipinski definition) is 1. The smallest absolute Gasteiger partial charge is 0.304 e. The molecule has 154 valence electrons. The van der Waals surface area contributed by atoms with E-state index >= 15 is 0 Å². The van der Waals surface area contributed by atoms with Crippen LogP contribution in [0.3, 0.4) is 0 Å². The SMILES string of the molecule is CC(C)(C)[C@H]1CC[C@H](Oc2ccc(C3=CCN(CCC(=O)O)CC3)cc2)CC1. The lowest BCUT2D eigenvalue weighted by Gasteiger charge is -2.37. The Morgan fingerprint density at radius 2 is 1.82 bits per heavy atom. The zero-order chi connectivity index (χ0) is 20.1. The Morgan fingerprint density at radius 1 is 1.14 bits per heavy atom. The predicted molar refractivity (Wildman–Crippen MR) is 114 cm³/mol. The molecule has 1 heterocycles. The van der Waals surface area contributed by atoms with Crippen LogP contribution < -0.4 is 4.74 Å². The highest BCUT2D eigenvalue weighted by molar-refractivity contribution is 5.68. The minimum atomic E-state index is -0.725. The van der Waals surface area contributed by atoms with Gasteiger partial charge in [-0.1, -0.05) is 39.0 Å². The van der Waals surface area contributed by atoms with Gasteiger partial charge in [0.25, 0.3) is 0 Å². The van der Waals surface area contributed by atoms with E-state index in [0.717, 1.165) is 44.0 Å². The van der Waals surface area contributed by atoms with Crippen LogP contribution in [0.2, 0.25) is 0 Å². The molecule has 0 radical (unpaired) electrons. The summed E-state index contributed by atoms with van der Waals surface area (Å²) in [5.41, 5.74) is 3.01. The Morgan fingerprint density at radius 3 is 2.36 bits per heavy atom. The van der Waals surface area contributed by atoms with Crippen LogP contribution in [-0.2, 0) is 4.79 Å². The first-order valence-corrected chi connectivity index (χ1v) is 10.7. The van der Waals surface area contributed by atoms with Crippen molar-refractivity contribution in [3.8, 4) is 5.75 Å². The van der Waals surface area contributed by atoms with Crippen molar-refractivity contribution in [3.05, 3.63) is 35.9 Å². The highest BCUT2D eigenvalue weighted by Crippen LogP contribution is 2.38. The zero-order valence-electron chi connectivity index (χ0n) is 17.6. The molecule has 1 aromatic carbocycles. The first kappa shape index (κ1) is 20.9. The molecule has 2 aliphatic rings. The Balaban J connectivity index is 1.49. The van der Waals surface area contributed by atoms with Gasteiger partial charge >= 0.3 is 5.97 Å². The van der Waals surface area contributed by atoms with Crippen molar-refractivity contribution in [3.63, 3.8) is 0 Å². The van der Waals surface area contributed by atoms with E-state index in [1.54, 1.807) is 0 Å². The molecule has 0 spiro atoms. The minimum Gasteiger partial charge on any atom is -0.490 e. The first-order valence-electron chi connectivity index (χ1n) is 10.7. The fraction of sp³-hybridized carbons (Fsp3) is 0.625. The molecule has 1 aromatic rings. The Hall–Kier alpha value is -1.81. The average molecular weight is 386 g/mol. The highest BCUT2D eigenvalue weighted by atomic mass is 16.5. The summed E-state index contributed by atoms with van der Waals surface area (Å²) in [5, 5.41) is 8.81. The van der Waals surface area contributed by atoms with E-state index in [-0.39, 0.29) is 6.42 Å². The van der Waals surface area contributed by atoms with E-state index in [1.165, 1.54) is 24.0 Å². The Kier molecular flexibility index (Phi) is 6.82. The van der Waals surface area contributed by atoms with Gasteiger partial charge in [0.1, 0.15) is 5.75 Å². The molecule has 28 heavy (non-hydrogen) atoms. The normalized spacial score (nSPS) is 23.9. The molecule has 0 unspecified atom stereocenters. The van der Waals surface area contributed by atoms with E-state index in [1.807, 2.05) is 0 Å². The second kappa shape index (κ2) is 9.13. The number of carboxylic acid groups (broad SMARTS) is 1. The number of hydrogen-bond acceptors (Lipinski definition) is 3. The van der Waals surface area contributed by atoms with Gasteiger partial charge in [-0.2, -0.15) is 0 Å². The minimum absolute atomic E-state index is 0.215. The second-order valence-electron chi connectivity index (χ2n) is 9.41. The Labute approximate surface area is 169 Å². The van der Waals surface area contributed by atoms with Crippen LogP contribution in [0, 0.1) is 11.3 Å². The molecule has 4 heteroatoms. The molecule has 0 aromatic heterocycles. The van der Waals surface area contributed by atoms with E-state index in [0.29, 0.717) is 18.1 Å². The van der Waals surface area contributed by atoms with Crippen LogP contribution in [-0.4, -0.2) is 41.7 Å². The van der Waals surface area contributed by atoms with Crippen molar-refractivity contribution in [2.45, 2.75) is 65.4 Å². The topological polar surface area (TPSA) is 49.8 Å². The number of rotatable bonds is 6. The van der Waals surface area contributed by atoms with Crippen LogP contribution in [0.15, 0.2) is 30.3 Å².